The Bertz CT molecular complexity index is 1010. The predicted octanol–water partition coefficient (Wildman–Crippen LogP) is 3.38. The maximum absolute atomic E-state index is 12.7. The Morgan fingerprint density at radius 2 is 2.08 bits per heavy atom. The Hall–Kier alpha value is -1.44. The number of hydrogen-bond donors (Lipinski definition) is 0. The van der Waals surface area contributed by atoms with Gasteiger partial charge in [0, 0.05) is 28.3 Å². The van der Waals surface area contributed by atoms with Gasteiger partial charge in [0.05, 0.1) is 16.2 Å². The molecule has 0 radical (unpaired) electrons. The zero-order valence-electron chi connectivity index (χ0n) is 13.9. The number of fused-ring (bicyclic) bond motifs is 3. The van der Waals surface area contributed by atoms with Crippen molar-refractivity contribution in [3.63, 3.8) is 0 Å². The van der Waals surface area contributed by atoms with Gasteiger partial charge in [-0.15, -0.1) is 11.3 Å². The number of thioether (sulfide) groups is 1. The minimum atomic E-state index is -1.02. The number of aryl methyl sites for hydroxylation is 2. The quantitative estimate of drug-likeness (QED) is 0.495. The molecule has 130 valence electrons. The fourth-order valence-electron chi connectivity index (χ4n) is 3.13. The topological polar surface area (TPSA) is 52.0 Å². The van der Waals surface area contributed by atoms with E-state index in [1.54, 1.807) is 23.0 Å². The predicted molar refractivity (Wildman–Crippen MR) is 105 cm³/mol. The SMILES string of the molecule is Cn1c(SCC[S@](=O)c2ccccc2)nc2sc3c(c2c1=O)CCC3. The van der Waals surface area contributed by atoms with Gasteiger partial charge in [-0.2, -0.15) is 0 Å². The highest BCUT2D eigenvalue weighted by Gasteiger charge is 2.22. The van der Waals surface area contributed by atoms with Crippen molar-refractivity contribution >= 4 is 44.1 Å². The second-order valence-corrected chi connectivity index (χ2v) is 9.72. The fraction of sp³-hybridized carbons (Fsp3) is 0.333. The molecule has 0 saturated carbocycles. The van der Waals surface area contributed by atoms with Crippen molar-refractivity contribution < 1.29 is 4.21 Å². The molecule has 1 aliphatic rings. The van der Waals surface area contributed by atoms with Crippen LogP contribution in [0.5, 0.6) is 0 Å². The van der Waals surface area contributed by atoms with Crippen molar-refractivity contribution in [3.05, 3.63) is 51.1 Å². The molecule has 1 atom stereocenters. The smallest absolute Gasteiger partial charge is 0.262 e. The summed E-state index contributed by atoms with van der Waals surface area (Å²) in [5, 5.41) is 1.53. The first-order valence-electron chi connectivity index (χ1n) is 8.22. The molecule has 2 aromatic heterocycles. The average Bonchev–Trinajstić information content (AvgIpc) is 3.20. The third kappa shape index (κ3) is 3.20. The van der Waals surface area contributed by atoms with E-state index in [0.29, 0.717) is 16.7 Å². The van der Waals surface area contributed by atoms with Gasteiger partial charge in [-0.05, 0) is 37.0 Å². The molecule has 4 nitrogen and oxygen atoms in total. The van der Waals surface area contributed by atoms with Crippen LogP contribution in [0, 0.1) is 0 Å². The van der Waals surface area contributed by atoms with E-state index in [0.717, 1.165) is 34.4 Å². The normalized spacial score (nSPS) is 14.8. The standard InChI is InChI=1S/C18H18N2O2S3/c1-20-17(21)15-13-8-5-9-14(13)24-16(15)19-18(20)23-10-11-25(22)12-6-3-2-4-7-12/h2-4,6-7H,5,8-11H2,1H3/t25-/m0/s1. The van der Waals surface area contributed by atoms with Crippen LogP contribution in [0.15, 0.2) is 45.2 Å². The van der Waals surface area contributed by atoms with Crippen molar-refractivity contribution in [1.82, 2.24) is 9.55 Å². The lowest BCUT2D eigenvalue weighted by Gasteiger charge is -2.07. The van der Waals surface area contributed by atoms with E-state index in [2.05, 4.69) is 0 Å². The molecule has 0 aliphatic heterocycles. The molecule has 2 heterocycles. The lowest BCUT2D eigenvalue weighted by Crippen LogP contribution is -2.20. The van der Waals surface area contributed by atoms with E-state index >= 15 is 0 Å². The maximum Gasteiger partial charge on any atom is 0.262 e. The summed E-state index contributed by atoms with van der Waals surface area (Å²) in [6, 6.07) is 9.48. The summed E-state index contributed by atoms with van der Waals surface area (Å²) in [7, 11) is 0.761. The second kappa shape index (κ2) is 7.05. The Morgan fingerprint density at radius 3 is 2.88 bits per heavy atom. The van der Waals surface area contributed by atoms with Crippen LogP contribution in [0.3, 0.4) is 0 Å². The molecule has 1 aliphatic carbocycles. The summed E-state index contributed by atoms with van der Waals surface area (Å²) in [4.78, 5) is 20.5. The minimum Gasteiger partial charge on any atom is -0.290 e. The lowest BCUT2D eigenvalue weighted by atomic mass is 10.2. The van der Waals surface area contributed by atoms with Crippen LogP contribution in [0.1, 0.15) is 16.9 Å². The third-order valence-corrected chi connectivity index (χ3v) is 8.26. The van der Waals surface area contributed by atoms with Gasteiger partial charge < -0.3 is 0 Å². The average molecular weight is 391 g/mol. The fourth-order valence-corrected chi connectivity index (χ4v) is 6.69. The van der Waals surface area contributed by atoms with Gasteiger partial charge >= 0.3 is 0 Å². The molecule has 0 fully saturated rings. The van der Waals surface area contributed by atoms with Gasteiger partial charge in [0.15, 0.2) is 5.16 Å². The molecule has 1 aromatic carbocycles. The van der Waals surface area contributed by atoms with Crippen LogP contribution >= 0.6 is 23.1 Å². The summed E-state index contributed by atoms with van der Waals surface area (Å²) in [5.74, 6) is 1.21. The molecule has 0 bridgehead atoms. The van der Waals surface area contributed by atoms with E-state index in [4.69, 9.17) is 4.98 Å². The third-order valence-electron chi connectivity index (χ3n) is 4.41. The van der Waals surface area contributed by atoms with Crippen LogP contribution in [0.2, 0.25) is 0 Å². The summed E-state index contributed by atoms with van der Waals surface area (Å²) in [6.45, 7) is 0. The van der Waals surface area contributed by atoms with E-state index in [1.165, 1.54) is 22.2 Å². The zero-order valence-corrected chi connectivity index (χ0v) is 16.3. The Labute approximate surface area is 156 Å². The molecular formula is C18H18N2O2S3. The van der Waals surface area contributed by atoms with Crippen LogP contribution < -0.4 is 5.56 Å². The lowest BCUT2D eigenvalue weighted by molar-refractivity contribution is 0.684. The van der Waals surface area contributed by atoms with Crippen LogP contribution in [-0.2, 0) is 30.7 Å². The van der Waals surface area contributed by atoms with Gasteiger partial charge in [0.25, 0.3) is 5.56 Å². The molecule has 0 spiro atoms. The molecule has 0 amide bonds. The van der Waals surface area contributed by atoms with Crippen molar-refractivity contribution in [2.45, 2.75) is 29.3 Å². The first-order chi connectivity index (χ1) is 12.1. The number of nitrogens with zero attached hydrogens (tertiary/aromatic N) is 2. The first kappa shape index (κ1) is 17.0. The van der Waals surface area contributed by atoms with E-state index in [9.17, 15) is 9.00 Å². The summed E-state index contributed by atoms with van der Waals surface area (Å²) < 4.78 is 13.9. The van der Waals surface area contributed by atoms with E-state index < -0.39 is 10.8 Å². The van der Waals surface area contributed by atoms with Gasteiger partial charge in [-0.25, -0.2) is 4.98 Å². The molecule has 7 heteroatoms. The Kier molecular flexibility index (Phi) is 4.80. The van der Waals surface area contributed by atoms with Crippen molar-refractivity contribution in [1.29, 1.82) is 0 Å². The summed E-state index contributed by atoms with van der Waals surface area (Å²) >= 11 is 3.17. The van der Waals surface area contributed by atoms with Gasteiger partial charge in [0.1, 0.15) is 4.83 Å². The Balaban J connectivity index is 1.53. The van der Waals surface area contributed by atoms with E-state index in [1.807, 2.05) is 30.3 Å². The number of hydrogen-bond acceptors (Lipinski definition) is 5. The largest absolute Gasteiger partial charge is 0.290 e. The molecule has 0 saturated heterocycles. The Morgan fingerprint density at radius 1 is 1.28 bits per heavy atom. The highest BCUT2D eigenvalue weighted by molar-refractivity contribution is 8.00. The maximum atomic E-state index is 12.7. The number of aromatic nitrogens is 2. The molecule has 25 heavy (non-hydrogen) atoms. The van der Waals surface area contributed by atoms with Crippen molar-refractivity contribution in [2.24, 2.45) is 7.05 Å². The minimum absolute atomic E-state index is 0.0519. The van der Waals surface area contributed by atoms with Crippen molar-refractivity contribution in [2.75, 3.05) is 11.5 Å². The molecule has 0 N–H and O–H groups in total. The second-order valence-electron chi connectivity index (χ2n) is 6.01. The highest BCUT2D eigenvalue weighted by Crippen LogP contribution is 2.35. The zero-order chi connectivity index (χ0) is 17.4. The van der Waals surface area contributed by atoms with Gasteiger partial charge in [0.2, 0.25) is 0 Å². The molecule has 3 aromatic rings. The van der Waals surface area contributed by atoms with Crippen LogP contribution in [0.4, 0.5) is 0 Å². The monoisotopic (exact) mass is 390 g/mol. The number of thiophene rings is 1. The number of benzene rings is 1. The van der Waals surface area contributed by atoms with Crippen LogP contribution in [-0.4, -0.2) is 25.3 Å². The first-order valence-corrected chi connectivity index (χ1v) is 11.3. The summed E-state index contributed by atoms with van der Waals surface area (Å²) in [5.41, 5.74) is 1.27. The van der Waals surface area contributed by atoms with Gasteiger partial charge in [-0.1, -0.05) is 30.0 Å². The van der Waals surface area contributed by atoms with Crippen LogP contribution in [0.25, 0.3) is 10.2 Å². The van der Waals surface area contributed by atoms with Crippen molar-refractivity contribution in [3.8, 4) is 0 Å². The molecule has 0 unspecified atom stereocenters. The highest BCUT2D eigenvalue weighted by atomic mass is 32.2. The van der Waals surface area contributed by atoms with Gasteiger partial charge in [-0.3, -0.25) is 13.6 Å². The summed E-state index contributed by atoms with van der Waals surface area (Å²) in [6.07, 6.45) is 3.20. The van der Waals surface area contributed by atoms with E-state index in [-0.39, 0.29) is 5.56 Å². The molecular weight excluding hydrogens is 372 g/mol. The molecule has 4 rings (SSSR count). The number of rotatable bonds is 5.